The van der Waals surface area contributed by atoms with Gasteiger partial charge in [0.2, 0.25) is 10.0 Å². The zero-order valence-electron chi connectivity index (χ0n) is 16.5. The lowest BCUT2D eigenvalue weighted by Gasteiger charge is -2.34. The van der Waals surface area contributed by atoms with Gasteiger partial charge in [-0.25, -0.2) is 13.2 Å². The highest BCUT2D eigenvalue weighted by atomic mass is 35.5. The van der Waals surface area contributed by atoms with Gasteiger partial charge in [-0.05, 0) is 38.0 Å². The van der Waals surface area contributed by atoms with E-state index >= 15 is 0 Å². The van der Waals surface area contributed by atoms with E-state index in [-0.39, 0.29) is 21.4 Å². The van der Waals surface area contributed by atoms with E-state index in [0.29, 0.717) is 45.9 Å². The second-order valence-corrected chi connectivity index (χ2v) is 9.43. The fraction of sp³-hybridized carbons (Fsp3) is 0.579. The summed E-state index contributed by atoms with van der Waals surface area (Å²) in [5, 5.41) is 0.209. The molecule has 2 fully saturated rings. The second kappa shape index (κ2) is 9.32. The van der Waals surface area contributed by atoms with Gasteiger partial charge < -0.3 is 14.5 Å². The van der Waals surface area contributed by atoms with E-state index in [0.717, 1.165) is 19.3 Å². The van der Waals surface area contributed by atoms with Gasteiger partial charge in [-0.2, -0.15) is 4.31 Å². The van der Waals surface area contributed by atoms with Crippen molar-refractivity contribution in [2.24, 2.45) is 0 Å². The molecule has 0 radical (unpaired) electrons. The molecule has 160 valence electrons. The summed E-state index contributed by atoms with van der Waals surface area (Å²) in [7, 11) is -3.66. The van der Waals surface area contributed by atoms with Gasteiger partial charge in [0, 0.05) is 39.3 Å². The fourth-order valence-corrected chi connectivity index (χ4v) is 5.30. The van der Waals surface area contributed by atoms with Gasteiger partial charge in [0.05, 0.1) is 22.1 Å². The standard InChI is InChI=1S/C19H26ClN3O5S/c1-2-28-19(25)22-12-10-21(11-13-22)18(24)16-14-15(6-7-17(16)20)29(26,27)23-8-4-3-5-9-23/h6-7,14H,2-5,8-13H2,1H3. The largest absolute Gasteiger partial charge is 0.450 e. The summed E-state index contributed by atoms with van der Waals surface area (Å²) in [6.45, 7) is 4.39. The molecule has 0 atom stereocenters. The van der Waals surface area contributed by atoms with Crippen LogP contribution in [0.1, 0.15) is 36.5 Å². The molecule has 29 heavy (non-hydrogen) atoms. The Bertz CT molecular complexity index is 863. The molecule has 0 saturated carbocycles. The second-order valence-electron chi connectivity index (χ2n) is 7.08. The number of rotatable bonds is 4. The molecular weight excluding hydrogens is 418 g/mol. The van der Waals surface area contributed by atoms with Crippen LogP contribution in [0.4, 0.5) is 4.79 Å². The van der Waals surface area contributed by atoms with Crippen LogP contribution in [0.25, 0.3) is 0 Å². The molecule has 1 aromatic carbocycles. The van der Waals surface area contributed by atoms with Crippen LogP contribution >= 0.6 is 11.6 Å². The smallest absolute Gasteiger partial charge is 0.409 e. The summed E-state index contributed by atoms with van der Waals surface area (Å²) in [5.74, 6) is -0.339. The highest BCUT2D eigenvalue weighted by molar-refractivity contribution is 7.89. The topological polar surface area (TPSA) is 87.2 Å². The van der Waals surface area contributed by atoms with Crippen molar-refractivity contribution >= 4 is 33.6 Å². The van der Waals surface area contributed by atoms with Crippen molar-refractivity contribution in [3.63, 3.8) is 0 Å². The fourth-order valence-electron chi connectivity index (χ4n) is 3.56. The molecule has 1 aromatic rings. The Morgan fingerprint density at radius 1 is 1.00 bits per heavy atom. The van der Waals surface area contributed by atoms with Crippen molar-refractivity contribution < 1.29 is 22.7 Å². The molecule has 2 aliphatic heterocycles. The molecule has 0 bridgehead atoms. The first-order valence-electron chi connectivity index (χ1n) is 9.85. The van der Waals surface area contributed by atoms with E-state index < -0.39 is 16.1 Å². The van der Waals surface area contributed by atoms with Crippen molar-refractivity contribution in [1.29, 1.82) is 0 Å². The number of carbonyl (C=O) groups excluding carboxylic acids is 2. The first-order chi connectivity index (χ1) is 13.8. The summed E-state index contributed by atoms with van der Waals surface area (Å²) in [5.41, 5.74) is 0.161. The molecule has 0 spiro atoms. The Hall–Kier alpha value is -1.84. The Kier molecular flexibility index (Phi) is 7.02. The summed E-state index contributed by atoms with van der Waals surface area (Å²) in [4.78, 5) is 28.0. The number of carbonyl (C=O) groups is 2. The lowest BCUT2D eigenvalue weighted by Crippen LogP contribution is -2.50. The monoisotopic (exact) mass is 443 g/mol. The minimum absolute atomic E-state index is 0.0808. The first-order valence-corrected chi connectivity index (χ1v) is 11.7. The Balaban J connectivity index is 1.75. The van der Waals surface area contributed by atoms with Crippen molar-refractivity contribution in [2.75, 3.05) is 45.9 Å². The van der Waals surface area contributed by atoms with E-state index in [9.17, 15) is 18.0 Å². The highest BCUT2D eigenvalue weighted by Gasteiger charge is 2.30. The number of ether oxygens (including phenoxy) is 1. The summed E-state index contributed by atoms with van der Waals surface area (Å²) < 4.78 is 32.3. The quantitative estimate of drug-likeness (QED) is 0.713. The normalized spacial score (nSPS) is 18.6. The number of nitrogens with zero attached hydrogens (tertiary/aromatic N) is 3. The average Bonchev–Trinajstić information content (AvgIpc) is 2.74. The number of piperazine rings is 1. The molecule has 2 heterocycles. The zero-order valence-corrected chi connectivity index (χ0v) is 18.0. The van der Waals surface area contributed by atoms with Crippen LogP contribution in [0.15, 0.2) is 23.1 Å². The van der Waals surface area contributed by atoms with Crippen LogP contribution < -0.4 is 0 Å². The number of sulfonamides is 1. The van der Waals surface area contributed by atoms with Gasteiger partial charge in [0.25, 0.3) is 5.91 Å². The minimum Gasteiger partial charge on any atom is -0.450 e. The Morgan fingerprint density at radius 3 is 2.24 bits per heavy atom. The molecule has 2 aliphatic rings. The van der Waals surface area contributed by atoms with Gasteiger partial charge in [-0.3, -0.25) is 4.79 Å². The van der Waals surface area contributed by atoms with Crippen molar-refractivity contribution in [3.05, 3.63) is 28.8 Å². The third kappa shape index (κ3) is 4.84. The minimum atomic E-state index is -3.66. The number of halogens is 1. The first kappa shape index (κ1) is 21.9. The van der Waals surface area contributed by atoms with Crippen LogP contribution in [-0.4, -0.2) is 80.4 Å². The number of amides is 2. The molecule has 3 rings (SSSR count). The molecule has 8 nitrogen and oxygen atoms in total. The highest BCUT2D eigenvalue weighted by Crippen LogP contribution is 2.26. The van der Waals surface area contributed by atoms with E-state index in [1.165, 1.54) is 22.5 Å². The number of benzene rings is 1. The van der Waals surface area contributed by atoms with Crippen LogP contribution in [0, 0.1) is 0 Å². The van der Waals surface area contributed by atoms with Gasteiger partial charge in [0.15, 0.2) is 0 Å². The number of hydrogen-bond donors (Lipinski definition) is 0. The molecule has 10 heteroatoms. The predicted molar refractivity (Wildman–Crippen MR) is 109 cm³/mol. The van der Waals surface area contributed by atoms with Crippen molar-refractivity contribution in [2.45, 2.75) is 31.1 Å². The Morgan fingerprint density at radius 2 is 1.62 bits per heavy atom. The van der Waals surface area contributed by atoms with E-state index in [2.05, 4.69) is 0 Å². The number of hydrogen-bond acceptors (Lipinski definition) is 5. The molecule has 2 amide bonds. The van der Waals surface area contributed by atoms with E-state index in [4.69, 9.17) is 16.3 Å². The third-order valence-electron chi connectivity index (χ3n) is 5.21. The van der Waals surface area contributed by atoms with Crippen LogP contribution in [0.2, 0.25) is 5.02 Å². The van der Waals surface area contributed by atoms with Gasteiger partial charge in [-0.15, -0.1) is 0 Å². The summed E-state index contributed by atoms with van der Waals surface area (Å²) in [6, 6.07) is 4.27. The average molecular weight is 444 g/mol. The summed E-state index contributed by atoms with van der Waals surface area (Å²) in [6.07, 6.45) is 2.30. The van der Waals surface area contributed by atoms with Gasteiger partial charge >= 0.3 is 6.09 Å². The molecule has 0 N–H and O–H groups in total. The third-order valence-corrected chi connectivity index (χ3v) is 7.44. The Labute approximate surface area is 176 Å². The lowest BCUT2D eigenvalue weighted by molar-refractivity contribution is 0.0570. The zero-order chi connectivity index (χ0) is 21.0. The molecule has 0 unspecified atom stereocenters. The lowest BCUT2D eigenvalue weighted by atomic mass is 10.2. The molecule has 0 aliphatic carbocycles. The van der Waals surface area contributed by atoms with Crippen molar-refractivity contribution in [3.8, 4) is 0 Å². The van der Waals surface area contributed by atoms with E-state index in [1.807, 2.05) is 0 Å². The van der Waals surface area contributed by atoms with Gasteiger partial charge in [-0.1, -0.05) is 18.0 Å². The maximum Gasteiger partial charge on any atom is 0.409 e. The van der Waals surface area contributed by atoms with Crippen molar-refractivity contribution in [1.82, 2.24) is 14.1 Å². The van der Waals surface area contributed by atoms with Crippen LogP contribution in [-0.2, 0) is 14.8 Å². The number of piperidine rings is 1. The van der Waals surface area contributed by atoms with Gasteiger partial charge in [0.1, 0.15) is 0 Å². The molecule has 0 aromatic heterocycles. The predicted octanol–water partition coefficient (Wildman–Crippen LogP) is 2.43. The SMILES string of the molecule is CCOC(=O)N1CCN(C(=O)c2cc(S(=O)(=O)N3CCCCC3)ccc2Cl)CC1. The molecule has 2 saturated heterocycles. The van der Waals surface area contributed by atoms with E-state index in [1.54, 1.807) is 16.7 Å². The maximum absolute atomic E-state index is 13.0. The molecular formula is C19H26ClN3O5S. The maximum atomic E-state index is 13.0. The van der Waals surface area contributed by atoms with Crippen LogP contribution in [0.3, 0.4) is 0 Å². The van der Waals surface area contributed by atoms with Crippen LogP contribution in [0.5, 0.6) is 0 Å². The summed E-state index contributed by atoms with van der Waals surface area (Å²) >= 11 is 6.23.